The van der Waals surface area contributed by atoms with Crippen molar-refractivity contribution in [3.05, 3.63) is 59.2 Å². The molecule has 0 spiro atoms. The van der Waals surface area contributed by atoms with E-state index in [0.717, 1.165) is 23.3 Å². The van der Waals surface area contributed by atoms with Crippen LogP contribution in [0.2, 0.25) is 0 Å². The van der Waals surface area contributed by atoms with E-state index in [-0.39, 0.29) is 5.91 Å². The van der Waals surface area contributed by atoms with Crippen LogP contribution in [0.25, 0.3) is 0 Å². The molecule has 1 aliphatic rings. The molecule has 1 aliphatic heterocycles. The molecule has 2 aromatic rings. The molecule has 1 atom stereocenters. The quantitative estimate of drug-likeness (QED) is 0.906. The number of methoxy groups -OCH3 is 2. The Hall–Kier alpha value is -2.53. The normalized spacial score (nSPS) is 14.6. The maximum absolute atomic E-state index is 12.7. The third-order valence-corrected chi connectivity index (χ3v) is 4.65. The zero-order chi connectivity index (χ0) is 17.8. The first-order valence-electron chi connectivity index (χ1n) is 8.44. The standard InChI is InChI=1S/C20H24N2O3/c1-24-18-11-15-8-9-22(13-16(15)12-19(18)25-2)20(23)17(21)10-14-6-4-3-5-7-14/h3-7,11-12,17H,8-10,13,21H2,1-2H3/t17-/m0/s1. The summed E-state index contributed by atoms with van der Waals surface area (Å²) in [5.41, 5.74) is 9.52. The van der Waals surface area contributed by atoms with Gasteiger partial charge in [-0.2, -0.15) is 0 Å². The number of carbonyl (C=O) groups excluding carboxylic acids is 1. The number of ether oxygens (including phenoxy) is 2. The maximum Gasteiger partial charge on any atom is 0.240 e. The van der Waals surface area contributed by atoms with Crippen LogP contribution in [0, 0.1) is 0 Å². The monoisotopic (exact) mass is 340 g/mol. The number of nitrogens with zero attached hydrogens (tertiary/aromatic N) is 1. The molecule has 5 nitrogen and oxygen atoms in total. The average molecular weight is 340 g/mol. The van der Waals surface area contributed by atoms with E-state index in [1.807, 2.05) is 47.4 Å². The molecule has 1 heterocycles. The number of hydrogen-bond acceptors (Lipinski definition) is 4. The van der Waals surface area contributed by atoms with Gasteiger partial charge in [-0.25, -0.2) is 0 Å². The molecule has 0 aromatic heterocycles. The van der Waals surface area contributed by atoms with Gasteiger partial charge in [-0.05, 0) is 41.7 Å². The Labute approximate surface area is 148 Å². The van der Waals surface area contributed by atoms with Crippen molar-refractivity contribution in [2.24, 2.45) is 5.73 Å². The van der Waals surface area contributed by atoms with Crippen LogP contribution in [0.4, 0.5) is 0 Å². The van der Waals surface area contributed by atoms with Gasteiger partial charge in [0.15, 0.2) is 11.5 Å². The number of hydrogen-bond donors (Lipinski definition) is 1. The van der Waals surface area contributed by atoms with Crippen molar-refractivity contribution < 1.29 is 14.3 Å². The van der Waals surface area contributed by atoms with Crippen molar-refractivity contribution in [3.8, 4) is 11.5 Å². The summed E-state index contributed by atoms with van der Waals surface area (Å²) in [7, 11) is 3.25. The number of fused-ring (bicyclic) bond motifs is 1. The highest BCUT2D eigenvalue weighted by atomic mass is 16.5. The first kappa shape index (κ1) is 17.3. The Balaban J connectivity index is 1.72. The molecule has 0 unspecified atom stereocenters. The summed E-state index contributed by atoms with van der Waals surface area (Å²) in [5.74, 6) is 1.40. The van der Waals surface area contributed by atoms with Crippen molar-refractivity contribution >= 4 is 5.91 Å². The number of rotatable bonds is 5. The average Bonchev–Trinajstić information content (AvgIpc) is 2.66. The first-order chi connectivity index (χ1) is 12.1. The van der Waals surface area contributed by atoms with Gasteiger partial charge >= 0.3 is 0 Å². The lowest BCUT2D eigenvalue weighted by Gasteiger charge is -2.31. The fourth-order valence-corrected chi connectivity index (χ4v) is 3.26. The lowest BCUT2D eigenvalue weighted by molar-refractivity contribution is -0.133. The van der Waals surface area contributed by atoms with E-state index in [1.54, 1.807) is 14.2 Å². The van der Waals surface area contributed by atoms with Crippen LogP contribution < -0.4 is 15.2 Å². The molecule has 0 radical (unpaired) electrons. The molecule has 3 rings (SSSR count). The first-order valence-corrected chi connectivity index (χ1v) is 8.44. The minimum Gasteiger partial charge on any atom is -0.493 e. The topological polar surface area (TPSA) is 64.8 Å². The Morgan fingerprint density at radius 3 is 2.40 bits per heavy atom. The molecule has 0 aliphatic carbocycles. The molecule has 2 N–H and O–H groups in total. The van der Waals surface area contributed by atoms with E-state index in [9.17, 15) is 4.79 Å². The third-order valence-electron chi connectivity index (χ3n) is 4.65. The Bertz CT molecular complexity index is 746. The highest BCUT2D eigenvalue weighted by Gasteiger charge is 2.26. The summed E-state index contributed by atoms with van der Waals surface area (Å²) in [5, 5.41) is 0. The summed E-state index contributed by atoms with van der Waals surface area (Å²) < 4.78 is 10.7. The third kappa shape index (κ3) is 3.77. The van der Waals surface area contributed by atoms with Crippen molar-refractivity contribution in [3.63, 3.8) is 0 Å². The predicted molar refractivity (Wildman–Crippen MR) is 96.8 cm³/mol. The van der Waals surface area contributed by atoms with Crippen molar-refractivity contribution in [1.82, 2.24) is 4.90 Å². The molecule has 132 valence electrons. The van der Waals surface area contributed by atoms with Crippen LogP contribution in [0.3, 0.4) is 0 Å². The van der Waals surface area contributed by atoms with E-state index >= 15 is 0 Å². The highest BCUT2D eigenvalue weighted by Crippen LogP contribution is 2.33. The Morgan fingerprint density at radius 1 is 1.12 bits per heavy atom. The molecule has 5 heteroatoms. The van der Waals surface area contributed by atoms with Gasteiger partial charge in [-0.3, -0.25) is 4.79 Å². The lowest BCUT2D eigenvalue weighted by atomic mass is 9.97. The van der Waals surface area contributed by atoms with Gasteiger partial charge < -0.3 is 20.1 Å². The van der Waals surface area contributed by atoms with Crippen molar-refractivity contribution in [2.45, 2.75) is 25.4 Å². The second-order valence-corrected chi connectivity index (χ2v) is 6.28. The van der Waals surface area contributed by atoms with E-state index in [4.69, 9.17) is 15.2 Å². The molecular weight excluding hydrogens is 316 g/mol. The molecule has 0 saturated carbocycles. The maximum atomic E-state index is 12.7. The van der Waals surface area contributed by atoms with Crippen molar-refractivity contribution in [1.29, 1.82) is 0 Å². The summed E-state index contributed by atoms with van der Waals surface area (Å²) >= 11 is 0. The zero-order valence-corrected chi connectivity index (χ0v) is 14.7. The molecule has 1 amide bonds. The van der Waals surface area contributed by atoms with Gasteiger partial charge in [-0.15, -0.1) is 0 Å². The second kappa shape index (κ2) is 7.57. The van der Waals surface area contributed by atoms with Crippen molar-refractivity contribution in [2.75, 3.05) is 20.8 Å². The van der Waals surface area contributed by atoms with Gasteiger partial charge in [-0.1, -0.05) is 30.3 Å². The van der Waals surface area contributed by atoms with Gasteiger partial charge in [0, 0.05) is 13.1 Å². The van der Waals surface area contributed by atoms with E-state index in [0.29, 0.717) is 25.3 Å². The molecular formula is C20H24N2O3. The predicted octanol–water partition coefficient (Wildman–Crippen LogP) is 2.16. The van der Waals surface area contributed by atoms with Crippen LogP contribution in [-0.2, 0) is 24.2 Å². The fourth-order valence-electron chi connectivity index (χ4n) is 3.26. The van der Waals surface area contributed by atoms with Gasteiger partial charge in [0.2, 0.25) is 5.91 Å². The van der Waals surface area contributed by atoms with Crippen LogP contribution in [0.1, 0.15) is 16.7 Å². The van der Waals surface area contributed by atoms with Crippen LogP contribution in [0.5, 0.6) is 11.5 Å². The molecule has 0 fully saturated rings. The smallest absolute Gasteiger partial charge is 0.240 e. The summed E-state index contributed by atoms with van der Waals surface area (Å²) in [6.45, 7) is 1.22. The van der Waals surface area contributed by atoms with E-state index in [2.05, 4.69) is 0 Å². The Morgan fingerprint density at radius 2 is 1.76 bits per heavy atom. The Kier molecular flexibility index (Phi) is 5.24. The highest BCUT2D eigenvalue weighted by molar-refractivity contribution is 5.82. The van der Waals surface area contributed by atoms with Gasteiger partial charge in [0.25, 0.3) is 0 Å². The lowest BCUT2D eigenvalue weighted by Crippen LogP contribution is -2.46. The molecule has 25 heavy (non-hydrogen) atoms. The van der Waals surface area contributed by atoms with Crippen LogP contribution in [0.15, 0.2) is 42.5 Å². The number of carbonyl (C=O) groups is 1. The van der Waals surface area contributed by atoms with E-state index in [1.165, 1.54) is 5.56 Å². The zero-order valence-electron chi connectivity index (χ0n) is 14.7. The molecule has 2 aromatic carbocycles. The second-order valence-electron chi connectivity index (χ2n) is 6.28. The molecule has 0 saturated heterocycles. The van der Waals surface area contributed by atoms with E-state index < -0.39 is 6.04 Å². The van der Waals surface area contributed by atoms with Gasteiger partial charge in [0.05, 0.1) is 20.3 Å². The van der Waals surface area contributed by atoms with Crippen LogP contribution >= 0.6 is 0 Å². The number of nitrogens with two attached hydrogens (primary N) is 1. The van der Waals surface area contributed by atoms with Gasteiger partial charge in [0.1, 0.15) is 0 Å². The fraction of sp³-hybridized carbons (Fsp3) is 0.350. The minimum absolute atomic E-state index is 0.00992. The number of benzene rings is 2. The largest absolute Gasteiger partial charge is 0.493 e. The summed E-state index contributed by atoms with van der Waals surface area (Å²) in [4.78, 5) is 14.6. The SMILES string of the molecule is COc1cc2c(cc1OC)CN(C(=O)[C@@H](N)Cc1ccccc1)CC2. The minimum atomic E-state index is -0.524. The summed E-state index contributed by atoms with van der Waals surface area (Å²) in [6.07, 6.45) is 1.34. The van der Waals surface area contributed by atoms with Crippen LogP contribution in [-0.4, -0.2) is 37.6 Å². The summed E-state index contributed by atoms with van der Waals surface area (Å²) in [6, 6.07) is 13.3. The number of amides is 1. The molecule has 0 bridgehead atoms.